The number of nitrogens with zero attached hydrogens (tertiary/aromatic N) is 1. The van der Waals surface area contributed by atoms with Crippen molar-refractivity contribution in [2.24, 2.45) is 4.99 Å². The van der Waals surface area contributed by atoms with Gasteiger partial charge in [0.05, 0.1) is 20.8 Å². The molecule has 6 nitrogen and oxygen atoms in total. The molecule has 0 aliphatic carbocycles. The van der Waals surface area contributed by atoms with Gasteiger partial charge in [0.15, 0.2) is 5.96 Å². The van der Waals surface area contributed by atoms with E-state index in [0.717, 1.165) is 36.0 Å². The Morgan fingerprint density at radius 2 is 1.64 bits per heavy atom. The summed E-state index contributed by atoms with van der Waals surface area (Å²) in [4.78, 5) is 4.31. The van der Waals surface area contributed by atoms with Gasteiger partial charge in [-0.1, -0.05) is 31.2 Å². The van der Waals surface area contributed by atoms with Crippen LogP contribution in [-0.4, -0.2) is 33.8 Å². The summed E-state index contributed by atoms with van der Waals surface area (Å²) in [5.74, 6) is 2.27. The topological polar surface area (TPSA) is 64.1 Å². The van der Waals surface area contributed by atoms with Crippen molar-refractivity contribution in [3.05, 3.63) is 59.2 Å². The first-order valence-electron chi connectivity index (χ1n) is 9.51. The van der Waals surface area contributed by atoms with E-state index in [1.54, 1.807) is 21.3 Å². The summed E-state index contributed by atoms with van der Waals surface area (Å²) < 4.78 is 16.4. The van der Waals surface area contributed by atoms with Crippen LogP contribution in [0.3, 0.4) is 0 Å². The summed E-state index contributed by atoms with van der Waals surface area (Å²) in [7, 11) is 5.06. The van der Waals surface area contributed by atoms with E-state index in [1.165, 1.54) is 11.1 Å². The highest BCUT2D eigenvalue weighted by atomic mass is 16.5. The molecule has 0 aromatic heterocycles. The third kappa shape index (κ3) is 6.46. The fourth-order valence-electron chi connectivity index (χ4n) is 2.77. The summed E-state index contributed by atoms with van der Waals surface area (Å²) in [6.45, 7) is 4.77. The highest BCUT2D eigenvalue weighted by Gasteiger charge is 2.07. The number of guanidine groups is 1. The zero-order chi connectivity index (χ0) is 20.2. The van der Waals surface area contributed by atoms with Gasteiger partial charge in [0.1, 0.15) is 11.5 Å². The summed E-state index contributed by atoms with van der Waals surface area (Å²) in [6, 6.07) is 14.1. The van der Waals surface area contributed by atoms with Crippen molar-refractivity contribution in [2.45, 2.75) is 33.0 Å². The molecule has 0 saturated carbocycles. The van der Waals surface area contributed by atoms with E-state index in [1.807, 2.05) is 30.3 Å². The zero-order valence-electron chi connectivity index (χ0n) is 17.2. The lowest BCUT2D eigenvalue weighted by Crippen LogP contribution is -2.36. The smallest absolute Gasteiger partial charge is 0.191 e. The first kappa shape index (κ1) is 21.6. The van der Waals surface area contributed by atoms with Gasteiger partial charge in [-0.15, -0.1) is 0 Å². The molecule has 2 rings (SSSR count). The van der Waals surface area contributed by atoms with Crippen molar-refractivity contribution in [3.8, 4) is 11.5 Å². The second-order valence-corrected chi connectivity index (χ2v) is 6.28. The van der Waals surface area contributed by atoms with Gasteiger partial charge in [-0.2, -0.15) is 0 Å². The van der Waals surface area contributed by atoms with Gasteiger partial charge in [0.2, 0.25) is 0 Å². The molecule has 0 radical (unpaired) electrons. The molecule has 0 aliphatic rings. The normalized spacial score (nSPS) is 11.2. The average Bonchev–Trinajstić information content (AvgIpc) is 2.74. The minimum absolute atomic E-state index is 0.591. The third-order valence-corrected chi connectivity index (χ3v) is 4.33. The summed E-state index contributed by atoms with van der Waals surface area (Å²) in [6.07, 6.45) is 1.02. The van der Waals surface area contributed by atoms with Gasteiger partial charge in [-0.3, -0.25) is 4.99 Å². The van der Waals surface area contributed by atoms with Crippen molar-refractivity contribution < 1.29 is 14.2 Å². The number of hydrogen-bond acceptors (Lipinski definition) is 4. The van der Waals surface area contributed by atoms with Gasteiger partial charge < -0.3 is 24.8 Å². The molecule has 0 heterocycles. The molecule has 6 heteroatoms. The van der Waals surface area contributed by atoms with Crippen LogP contribution in [0.15, 0.2) is 47.5 Å². The number of rotatable bonds is 10. The van der Waals surface area contributed by atoms with Crippen molar-refractivity contribution in [3.63, 3.8) is 0 Å². The average molecular weight is 386 g/mol. The number of ether oxygens (including phenoxy) is 3. The molecular formula is C22H31N3O3. The Hall–Kier alpha value is -2.73. The van der Waals surface area contributed by atoms with E-state index in [0.29, 0.717) is 19.7 Å². The summed E-state index contributed by atoms with van der Waals surface area (Å²) >= 11 is 0. The van der Waals surface area contributed by atoms with Gasteiger partial charge in [-0.05, 0) is 29.7 Å². The minimum Gasteiger partial charge on any atom is -0.497 e. The molecule has 0 aliphatic heterocycles. The van der Waals surface area contributed by atoms with E-state index in [9.17, 15) is 0 Å². The van der Waals surface area contributed by atoms with Gasteiger partial charge in [-0.25, -0.2) is 0 Å². The second kappa shape index (κ2) is 11.9. The maximum atomic E-state index is 5.69. The SMILES string of the molecule is CCCOCc1ccccc1CNC(=NC)NCc1ccc(OC)cc1OC. The van der Waals surface area contributed by atoms with Crippen LogP contribution in [0.2, 0.25) is 0 Å². The van der Waals surface area contributed by atoms with Gasteiger partial charge in [0.25, 0.3) is 0 Å². The lowest BCUT2D eigenvalue weighted by Gasteiger charge is -2.16. The van der Waals surface area contributed by atoms with E-state index >= 15 is 0 Å². The monoisotopic (exact) mass is 385 g/mol. The molecular weight excluding hydrogens is 354 g/mol. The molecule has 0 spiro atoms. The highest BCUT2D eigenvalue weighted by molar-refractivity contribution is 5.79. The number of aliphatic imine (C=N–C) groups is 1. The molecule has 0 bridgehead atoms. The largest absolute Gasteiger partial charge is 0.497 e. The first-order valence-corrected chi connectivity index (χ1v) is 9.51. The van der Waals surface area contributed by atoms with E-state index in [-0.39, 0.29) is 0 Å². The Bertz CT molecular complexity index is 762. The second-order valence-electron chi connectivity index (χ2n) is 6.28. The van der Waals surface area contributed by atoms with Crippen LogP contribution in [0.25, 0.3) is 0 Å². The molecule has 0 fully saturated rings. The quantitative estimate of drug-likeness (QED) is 0.372. The minimum atomic E-state index is 0.591. The highest BCUT2D eigenvalue weighted by Crippen LogP contribution is 2.24. The van der Waals surface area contributed by atoms with Gasteiger partial charge in [0, 0.05) is 38.4 Å². The van der Waals surface area contributed by atoms with Crippen LogP contribution in [0.5, 0.6) is 11.5 Å². The molecule has 0 unspecified atom stereocenters. The Morgan fingerprint density at radius 3 is 2.29 bits per heavy atom. The van der Waals surface area contributed by atoms with E-state index in [4.69, 9.17) is 14.2 Å². The molecule has 28 heavy (non-hydrogen) atoms. The van der Waals surface area contributed by atoms with Crippen LogP contribution in [-0.2, 0) is 24.4 Å². The maximum absolute atomic E-state index is 5.69. The van der Waals surface area contributed by atoms with Crippen LogP contribution < -0.4 is 20.1 Å². The van der Waals surface area contributed by atoms with Crippen LogP contribution in [0.4, 0.5) is 0 Å². The predicted octanol–water partition coefficient (Wildman–Crippen LogP) is 3.50. The van der Waals surface area contributed by atoms with Crippen molar-refractivity contribution in [2.75, 3.05) is 27.9 Å². The number of hydrogen-bond donors (Lipinski definition) is 2. The molecule has 0 saturated heterocycles. The van der Waals surface area contributed by atoms with Crippen molar-refractivity contribution in [1.82, 2.24) is 10.6 Å². The van der Waals surface area contributed by atoms with Crippen LogP contribution >= 0.6 is 0 Å². The maximum Gasteiger partial charge on any atom is 0.191 e. The van der Waals surface area contributed by atoms with Crippen LogP contribution in [0, 0.1) is 0 Å². The molecule has 0 amide bonds. The Balaban J connectivity index is 1.94. The third-order valence-electron chi connectivity index (χ3n) is 4.33. The number of nitrogens with one attached hydrogen (secondary N) is 2. The fourth-order valence-corrected chi connectivity index (χ4v) is 2.77. The van der Waals surface area contributed by atoms with E-state index < -0.39 is 0 Å². The van der Waals surface area contributed by atoms with E-state index in [2.05, 4.69) is 34.7 Å². The Morgan fingerprint density at radius 1 is 0.929 bits per heavy atom. The van der Waals surface area contributed by atoms with Crippen LogP contribution in [0.1, 0.15) is 30.0 Å². The zero-order valence-corrected chi connectivity index (χ0v) is 17.2. The molecule has 2 aromatic rings. The molecule has 2 aromatic carbocycles. The number of methoxy groups -OCH3 is 2. The lowest BCUT2D eigenvalue weighted by molar-refractivity contribution is 0.121. The van der Waals surface area contributed by atoms with Gasteiger partial charge >= 0.3 is 0 Å². The number of benzene rings is 2. The molecule has 0 atom stereocenters. The standard InChI is InChI=1S/C22H31N3O3/c1-5-12-28-16-19-9-7-6-8-17(19)14-24-22(23-2)25-15-18-10-11-20(26-3)13-21(18)27-4/h6-11,13H,5,12,14-16H2,1-4H3,(H2,23,24,25). The summed E-state index contributed by atoms with van der Waals surface area (Å²) in [5.41, 5.74) is 3.42. The first-order chi connectivity index (χ1) is 13.7. The lowest BCUT2D eigenvalue weighted by atomic mass is 10.1. The summed E-state index contributed by atoms with van der Waals surface area (Å²) in [5, 5.41) is 6.69. The van der Waals surface area contributed by atoms with Crippen molar-refractivity contribution in [1.29, 1.82) is 0 Å². The van der Waals surface area contributed by atoms with Crippen molar-refractivity contribution >= 4 is 5.96 Å². The Kier molecular flexibility index (Phi) is 9.15. The molecule has 152 valence electrons. The Labute approximate surface area is 167 Å². The fraction of sp³-hybridized carbons (Fsp3) is 0.409. The predicted molar refractivity (Wildman–Crippen MR) is 113 cm³/mol. The molecule has 2 N–H and O–H groups in total.